The Kier molecular flexibility index (Phi) is 9.15. The summed E-state index contributed by atoms with van der Waals surface area (Å²) in [5.74, 6) is 1.56. The van der Waals surface area contributed by atoms with E-state index in [0.29, 0.717) is 12.3 Å². The molecular formula is C10H17F3N4S3. The molecule has 1 saturated heterocycles. The molecule has 10 heteroatoms. The Bertz CT molecular complexity index is 303. The zero-order chi connectivity index (χ0) is 14.8. The van der Waals surface area contributed by atoms with Gasteiger partial charge in [0.1, 0.15) is 0 Å². The van der Waals surface area contributed by atoms with E-state index >= 15 is 0 Å². The van der Waals surface area contributed by atoms with Crippen molar-refractivity contribution in [1.82, 2.24) is 13.3 Å². The highest BCUT2D eigenvalue weighted by atomic mass is 32.2. The smallest absolute Gasteiger partial charge is 0.288 e. The number of nitriles is 1. The predicted octanol–water partition coefficient (Wildman–Crippen LogP) is 2.57. The molecule has 1 fully saturated rings. The summed E-state index contributed by atoms with van der Waals surface area (Å²) in [6, 6.07) is 2.14. The lowest BCUT2D eigenvalue weighted by molar-refractivity contribution is -0.0331. The van der Waals surface area contributed by atoms with Gasteiger partial charge in [0, 0.05) is 49.6 Å². The Morgan fingerprint density at radius 3 is 2.45 bits per heavy atom. The summed E-state index contributed by atoms with van der Waals surface area (Å²) in [6.07, 6.45) is 0.860. The van der Waals surface area contributed by atoms with Gasteiger partial charge in [-0.05, 0) is 6.42 Å². The van der Waals surface area contributed by atoms with Gasteiger partial charge in [0.25, 0.3) is 0 Å². The molecule has 1 heterocycles. The molecule has 0 aliphatic carbocycles. The molecule has 0 radical (unpaired) electrons. The zero-order valence-electron chi connectivity index (χ0n) is 10.9. The molecule has 1 aliphatic rings. The quantitative estimate of drug-likeness (QED) is 0.412. The topological polar surface area (TPSA) is 42.3 Å². The van der Waals surface area contributed by atoms with Crippen LogP contribution in [-0.2, 0) is 0 Å². The van der Waals surface area contributed by atoms with Crippen LogP contribution in [0.15, 0.2) is 0 Å². The maximum absolute atomic E-state index is 11.8. The first-order valence-corrected chi connectivity index (χ1v) is 8.84. The van der Waals surface area contributed by atoms with Crippen molar-refractivity contribution in [3.8, 4) is 6.07 Å². The van der Waals surface area contributed by atoms with Gasteiger partial charge in [-0.2, -0.15) is 18.4 Å². The molecule has 1 N–H and O–H groups in total. The third-order valence-electron chi connectivity index (χ3n) is 2.51. The molecule has 0 atom stereocenters. The Morgan fingerprint density at radius 1 is 1.15 bits per heavy atom. The van der Waals surface area contributed by atoms with E-state index < -0.39 is 5.51 Å². The predicted molar refractivity (Wildman–Crippen MR) is 79.9 cm³/mol. The molecule has 0 aromatic rings. The molecule has 0 aromatic heterocycles. The van der Waals surface area contributed by atoms with E-state index in [2.05, 4.69) is 19.4 Å². The molecule has 1 aliphatic heterocycles. The number of piperazine rings is 1. The fourth-order valence-electron chi connectivity index (χ4n) is 1.56. The van der Waals surface area contributed by atoms with Crippen LogP contribution in [0.2, 0.25) is 0 Å². The molecule has 0 bridgehead atoms. The normalized spacial score (nSPS) is 18.1. The van der Waals surface area contributed by atoms with Crippen LogP contribution in [0.4, 0.5) is 13.2 Å². The monoisotopic (exact) mass is 346 g/mol. The maximum atomic E-state index is 11.8. The van der Waals surface area contributed by atoms with E-state index in [4.69, 9.17) is 5.26 Å². The van der Waals surface area contributed by atoms with Gasteiger partial charge in [0.15, 0.2) is 0 Å². The van der Waals surface area contributed by atoms with Crippen molar-refractivity contribution in [3.05, 3.63) is 0 Å². The maximum Gasteiger partial charge on any atom is 0.456 e. The molecule has 0 amide bonds. The van der Waals surface area contributed by atoms with Crippen molar-refractivity contribution in [1.29, 1.82) is 5.26 Å². The van der Waals surface area contributed by atoms with Crippen LogP contribution < -0.4 is 4.13 Å². The highest BCUT2D eigenvalue weighted by Gasteiger charge is 2.28. The third kappa shape index (κ3) is 9.20. The number of nitrogens with zero attached hydrogens (tertiary/aromatic N) is 3. The van der Waals surface area contributed by atoms with E-state index in [9.17, 15) is 13.2 Å². The van der Waals surface area contributed by atoms with Crippen molar-refractivity contribution in [3.63, 3.8) is 0 Å². The zero-order valence-corrected chi connectivity index (χ0v) is 13.3. The van der Waals surface area contributed by atoms with Gasteiger partial charge in [-0.1, -0.05) is 23.9 Å². The van der Waals surface area contributed by atoms with Gasteiger partial charge in [0.05, 0.1) is 12.6 Å². The molecule has 0 saturated carbocycles. The van der Waals surface area contributed by atoms with Gasteiger partial charge in [0.2, 0.25) is 0 Å². The molecule has 4 nitrogen and oxygen atoms in total. The lowest BCUT2D eigenvalue weighted by Gasteiger charge is -2.32. The van der Waals surface area contributed by atoms with Crippen molar-refractivity contribution in [2.75, 3.05) is 44.2 Å². The van der Waals surface area contributed by atoms with Crippen molar-refractivity contribution in [2.45, 2.75) is 11.9 Å². The molecule has 0 unspecified atom stereocenters. The minimum atomic E-state index is -4.22. The average molecular weight is 346 g/mol. The molecule has 1 rings (SSSR count). The number of hydrogen-bond donors (Lipinski definition) is 1. The lowest BCUT2D eigenvalue weighted by Crippen LogP contribution is -2.43. The molecule has 0 spiro atoms. The van der Waals surface area contributed by atoms with Crippen LogP contribution in [0.1, 0.15) is 6.42 Å². The van der Waals surface area contributed by atoms with E-state index in [0.717, 1.165) is 50.3 Å². The highest BCUT2D eigenvalue weighted by Crippen LogP contribution is 2.29. The minimum absolute atomic E-state index is 0.212. The van der Waals surface area contributed by atoms with Crippen molar-refractivity contribution < 1.29 is 13.2 Å². The second-order valence-corrected chi connectivity index (χ2v) is 7.24. The largest absolute Gasteiger partial charge is 0.456 e. The van der Waals surface area contributed by atoms with Crippen LogP contribution in [0.25, 0.3) is 0 Å². The van der Waals surface area contributed by atoms with Crippen molar-refractivity contribution >= 4 is 35.8 Å². The van der Waals surface area contributed by atoms with Gasteiger partial charge < -0.3 is 0 Å². The Labute approximate surface area is 130 Å². The summed E-state index contributed by atoms with van der Waals surface area (Å²) in [5.41, 5.74) is -4.22. The first-order valence-electron chi connectivity index (χ1n) is 6.10. The Hall–Kier alpha value is 0.210. The second kappa shape index (κ2) is 10.0. The summed E-state index contributed by atoms with van der Waals surface area (Å²) < 4.78 is 39.9. The van der Waals surface area contributed by atoms with Gasteiger partial charge in [-0.25, -0.2) is 8.43 Å². The SMILES string of the molecule is N#CCN1CCN(SCCCSNSC(F)(F)F)CC1. The van der Waals surface area contributed by atoms with Crippen LogP contribution in [-0.4, -0.2) is 58.9 Å². The van der Waals surface area contributed by atoms with Gasteiger partial charge in [-0.3, -0.25) is 4.90 Å². The summed E-state index contributed by atoms with van der Waals surface area (Å²) >= 11 is 2.61. The van der Waals surface area contributed by atoms with E-state index in [1.54, 1.807) is 11.9 Å². The van der Waals surface area contributed by atoms with Crippen LogP contribution in [0.3, 0.4) is 0 Å². The number of nitrogens with one attached hydrogen (secondary N) is 1. The number of rotatable bonds is 8. The Morgan fingerprint density at radius 2 is 1.85 bits per heavy atom. The summed E-state index contributed by atoms with van der Waals surface area (Å²) in [4.78, 5) is 2.12. The van der Waals surface area contributed by atoms with Crippen LogP contribution in [0, 0.1) is 11.3 Å². The van der Waals surface area contributed by atoms with Crippen molar-refractivity contribution in [2.24, 2.45) is 0 Å². The highest BCUT2D eigenvalue weighted by molar-refractivity contribution is 8.13. The summed E-state index contributed by atoms with van der Waals surface area (Å²) in [5, 5.41) is 8.59. The van der Waals surface area contributed by atoms with E-state index in [1.807, 2.05) is 0 Å². The minimum Gasteiger partial charge on any atom is -0.288 e. The first-order chi connectivity index (χ1) is 9.51. The Balaban J connectivity index is 1.91. The fraction of sp³-hybridized carbons (Fsp3) is 0.900. The average Bonchev–Trinajstić information content (AvgIpc) is 2.38. The summed E-state index contributed by atoms with van der Waals surface area (Å²) in [7, 11) is 0. The molecule has 20 heavy (non-hydrogen) atoms. The number of halogens is 3. The standard InChI is InChI=1S/C10H17F3N4S3/c11-10(12,13)20-15-18-8-1-9-19-17-6-4-16(3-2-14)5-7-17/h15H,1,3-9H2. The van der Waals surface area contributed by atoms with Gasteiger partial charge >= 0.3 is 5.51 Å². The van der Waals surface area contributed by atoms with Crippen LogP contribution >= 0.6 is 35.8 Å². The third-order valence-corrected chi connectivity index (χ3v) is 5.24. The summed E-state index contributed by atoms with van der Waals surface area (Å²) in [6.45, 7) is 4.15. The number of alkyl halides is 3. The molecule has 116 valence electrons. The fourth-order valence-corrected chi connectivity index (χ4v) is 3.93. The second-order valence-electron chi connectivity index (χ2n) is 4.03. The number of hydrogen-bond acceptors (Lipinski definition) is 7. The van der Waals surface area contributed by atoms with Crippen LogP contribution in [0.5, 0.6) is 0 Å². The lowest BCUT2D eigenvalue weighted by atomic mass is 10.4. The van der Waals surface area contributed by atoms with E-state index in [-0.39, 0.29) is 11.9 Å². The first kappa shape index (κ1) is 18.3. The van der Waals surface area contributed by atoms with E-state index in [1.165, 1.54) is 0 Å². The van der Waals surface area contributed by atoms with Gasteiger partial charge in [-0.15, -0.1) is 0 Å². The molecular weight excluding hydrogens is 329 g/mol. The molecule has 0 aromatic carbocycles.